The number of nitrogens with zero attached hydrogens (tertiary/aromatic N) is 1. The molecule has 0 saturated heterocycles. The van der Waals surface area contributed by atoms with Crippen LogP contribution in [0.25, 0.3) is 40.0 Å². The molecular formula is C28H20Cl2N2O3. The molecule has 3 aromatic carbocycles. The first-order valence-electron chi connectivity index (χ1n) is 11.0. The second-order valence-corrected chi connectivity index (χ2v) is 8.74. The van der Waals surface area contributed by atoms with E-state index in [0.717, 1.165) is 17.5 Å². The second kappa shape index (κ2) is 9.82. The number of halogens is 2. The summed E-state index contributed by atoms with van der Waals surface area (Å²) >= 11 is 12.3. The maximum Gasteiger partial charge on any atom is 0.248 e. The van der Waals surface area contributed by atoms with E-state index in [1.807, 2.05) is 36.4 Å². The summed E-state index contributed by atoms with van der Waals surface area (Å²) in [6.45, 7) is 2.09. The minimum atomic E-state index is -0.348. The summed E-state index contributed by atoms with van der Waals surface area (Å²) in [6.07, 6.45) is 3.90. The molecule has 0 saturated carbocycles. The highest BCUT2D eigenvalue weighted by molar-refractivity contribution is 6.34. The zero-order chi connectivity index (χ0) is 24.4. The van der Waals surface area contributed by atoms with Gasteiger partial charge >= 0.3 is 0 Å². The summed E-state index contributed by atoms with van der Waals surface area (Å²) < 4.78 is 11.7. The Hall–Kier alpha value is -3.80. The van der Waals surface area contributed by atoms with Crippen molar-refractivity contribution in [3.05, 3.63) is 100 Å². The van der Waals surface area contributed by atoms with Crippen LogP contribution in [-0.4, -0.2) is 10.9 Å². The Morgan fingerprint density at radius 3 is 2.54 bits per heavy atom. The molecule has 5 rings (SSSR count). The molecule has 0 unspecified atom stereocenters. The van der Waals surface area contributed by atoms with E-state index < -0.39 is 0 Å². The lowest BCUT2D eigenvalue weighted by atomic mass is 10.1. The van der Waals surface area contributed by atoms with Crippen molar-refractivity contribution in [2.75, 3.05) is 5.32 Å². The van der Waals surface area contributed by atoms with Crippen LogP contribution in [0.5, 0.6) is 0 Å². The normalized spacial score (nSPS) is 11.4. The lowest BCUT2D eigenvalue weighted by Gasteiger charge is -2.06. The number of fused-ring (bicyclic) bond motifs is 1. The summed E-state index contributed by atoms with van der Waals surface area (Å²) in [5.41, 5.74) is 4.74. The van der Waals surface area contributed by atoms with Crippen LogP contribution < -0.4 is 5.32 Å². The molecule has 0 radical (unpaired) electrons. The van der Waals surface area contributed by atoms with Gasteiger partial charge in [-0.2, -0.15) is 0 Å². The zero-order valence-corrected chi connectivity index (χ0v) is 20.2. The van der Waals surface area contributed by atoms with E-state index in [9.17, 15) is 4.79 Å². The summed E-state index contributed by atoms with van der Waals surface area (Å²) in [4.78, 5) is 17.2. The van der Waals surface area contributed by atoms with Crippen molar-refractivity contribution in [1.82, 2.24) is 4.98 Å². The van der Waals surface area contributed by atoms with Crippen LogP contribution in [0.15, 0.2) is 87.7 Å². The van der Waals surface area contributed by atoms with Gasteiger partial charge in [-0.3, -0.25) is 4.79 Å². The number of amides is 1. The average Bonchev–Trinajstić information content (AvgIpc) is 3.51. The van der Waals surface area contributed by atoms with Crippen LogP contribution in [0.2, 0.25) is 10.0 Å². The van der Waals surface area contributed by atoms with Gasteiger partial charge in [0.05, 0.1) is 10.7 Å². The molecule has 35 heavy (non-hydrogen) atoms. The molecule has 2 heterocycles. The number of carbonyl (C=O) groups excluding carboxylic acids is 1. The molecule has 0 spiro atoms. The second-order valence-electron chi connectivity index (χ2n) is 7.90. The Morgan fingerprint density at radius 1 is 0.943 bits per heavy atom. The Bertz CT molecular complexity index is 1550. The Balaban J connectivity index is 1.31. The van der Waals surface area contributed by atoms with Gasteiger partial charge in [-0.15, -0.1) is 0 Å². The molecule has 0 aliphatic rings. The van der Waals surface area contributed by atoms with E-state index in [1.54, 1.807) is 42.5 Å². The number of oxazole rings is 1. The van der Waals surface area contributed by atoms with Crippen molar-refractivity contribution >= 4 is 52.0 Å². The molecule has 1 amide bonds. The van der Waals surface area contributed by atoms with Gasteiger partial charge in [-0.05, 0) is 84.8 Å². The maximum atomic E-state index is 12.6. The zero-order valence-electron chi connectivity index (χ0n) is 18.7. The lowest BCUT2D eigenvalue weighted by molar-refractivity contribution is -0.111. The standard InChI is InChI=1S/C28H20Cl2N2O3/c1-2-17-3-12-26-24(15-17)32-28(35-26)19-6-11-22(30)23(16-19)31-27(33)14-10-21-9-13-25(34-21)18-4-7-20(29)8-5-18/h3-16H,2H2,1H3,(H,31,33)/b14-10+. The van der Waals surface area contributed by atoms with Crippen LogP contribution in [0.1, 0.15) is 18.2 Å². The number of carbonyl (C=O) groups is 1. The third-order valence-corrected chi connectivity index (χ3v) is 6.07. The van der Waals surface area contributed by atoms with Crippen LogP contribution in [-0.2, 0) is 11.2 Å². The molecule has 0 bridgehead atoms. The average molecular weight is 503 g/mol. The van der Waals surface area contributed by atoms with Crippen molar-refractivity contribution in [1.29, 1.82) is 0 Å². The molecule has 0 aliphatic heterocycles. The van der Waals surface area contributed by atoms with Crippen molar-refractivity contribution in [2.24, 2.45) is 0 Å². The van der Waals surface area contributed by atoms with E-state index in [4.69, 9.17) is 32.0 Å². The molecule has 5 nitrogen and oxygen atoms in total. The fourth-order valence-corrected chi connectivity index (χ4v) is 3.91. The smallest absolute Gasteiger partial charge is 0.248 e. The summed E-state index contributed by atoms with van der Waals surface area (Å²) in [6, 6.07) is 22.2. The highest BCUT2D eigenvalue weighted by atomic mass is 35.5. The first kappa shape index (κ1) is 23.0. The quantitative estimate of drug-likeness (QED) is 0.237. The summed E-state index contributed by atoms with van der Waals surface area (Å²) in [5, 5.41) is 3.86. The van der Waals surface area contributed by atoms with E-state index in [0.29, 0.717) is 44.3 Å². The Kier molecular flexibility index (Phi) is 6.45. The topological polar surface area (TPSA) is 68.3 Å². The number of aromatic nitrogens is 1. The molecular weight excluding hydrogens is 483 g/mol. The number of hydrogen-bond acceptors (Lipinski definition) is 4. The summed E-state index contributed by atoms with van der Waals surface area (Å²) in [5.74, 6) is 1.34. The SMILES string of the molecule is CCc1ccc2oc(-c3ccc(Cl)c(NC(=O)/C=C/c4ccc(-c5ccc(Cl)cc5)o4)c3)nc2c1. The van der Waals surface area contributed by atoms with Gasteiger partial charge in [0.1, 0.15) is 17.0 Å². The number of anilines is 1. The first-order chi connectivity index (χ1) is 17.0. The van der Waals surface area contributed by atoms with Gasteiger partial charge in [0.2, 0.25) is 11.8 Å². The molecule has 7 heteroatoms. The van der Waals surface area contributed by atoms with Gasteiger partial charge in [-0.25, -0.2) is 4.98 Å². The number of hydrogen-bond donors (Lipinski definition) is 1. The molecule has 0 atom stereocenters. The molecule has 174 valence electrons. The third kappa shape index (κ3) is 5.16. The van der Waals surface area contributed by atoms with Crippen molar-refractivity contribution in [3.8, 4) is 22.8 Å². The monoisotopic (exact) mass is 502 g/mol. The van der Waals surface area contributed by atoms with Gasteiger partial charge in [0, 0.05) is 22.2 Å². The van der Waals surface area contributed by atoms with Crippen molar-refractivity contribution in [3.63, 3.8) is 0 Å². The van der Waals surface area contributed by atoms with Crippen LogP contribution in [0.3, 0.4) is 0 Å². The largest absolute Gasteiger partial charge is 0.457 e. The molecule has 2 aromatic heterocycles. The predicted molar refractivity (Wildman–Crippen MR) is 141 cm³/mol. The highest BCUT2D eigenvalue weighted by Gasteiger charge is 2.12. The molecule has 0 aliphatic carbocycles. The van der Waals surface area contributed by atoms with Crippen LogP contribution >= 0.6 is 23.2 Å². The van der Waals surface area contributed by atoms with E-state index in [2.05, 4.69) is 17.2 Å². The van der Waals surface area contributed by atoms with Crippen molar-refractivity contribution in [2.45, 2.75) is 13.3 Å². The van der Waals surface area contributed by atoms with Gasteiger partial charge in [0.25, 0.3) is 0 Å². The molecule has 1 N–H and O–H groups in total. The maximum absolute atomic E-state index is 12.6. The minimum Gasteiger partial charge on any atom is -0.457 e. The fraction of sp³-hybridized carbons (Fsp3) is 0.0714. The highest BCUT2D eigenvalue weighted by Crippen LogP contribution is 2.31. The fourth-order valence-electron chi connectivity index (χ4n) is 3.61. The van der Waals surface area contributed by atoms with Gasteiger partial charge in [-0.1, -0.05) is 36.2 Å². The number of benzene rings is 3. The van der Waals surface area contributed by atoms with Crippen LogP contribution in [0, 0.1) is 0 Å². The number of rotatable bonds is 6. The first-order valence-corrected chi connectivity index (χ1v) is 11.8. The lowest BCUT2D eigenvalue weighted by Crippen LogP contribution is -2.08. The Morgan fingerprint density at radius 2 is 1.74 bits per heavy atom. The van der Waals surface area contributed by atoms with E-state index in [1.165, 1.54) is 11.6 Å². The molecule has 5 aromatic rings. The molecule has 0 fully saturated rings. The van der Waals surface area contributed by atoms with Crippen molar-refractivity contribution < 1.29 is 13.6 Å². The van der Waals surface area contributed by atoms with Gasteiger partial charge < -0.3 is 14.2 Å². The number of aryl methyl sites for hydroxylation is 1. The van der Waals surface area contributed by atoms with E-state index in [-0.39, 0.29) is 5.91 Å². The van der Waals surface area contributed by atoms with E-state index >= 15 is 0 Å². The van der Waals surface area contributed by atoms with Gasteiger partial charge in [0.15, 0.2) is 5.58 Å². The minimum absolute atomic E-state index is 0.348. The number of nitrogens with one attached hydrogen (secondary N) is 1. The summed E-state index contributed by atoms with van der Waals surface area (Å²) in [7, 11) is 0. The van der Waals surface area contributed by atoms with Crippen LogP contribution in [0.4, 0.5) is 5.69 Å². The third-order valence-electron chi connectivity index (χ3n) is 5.49. The number of furan rings is 1. The predicted octanol–water partition coefficient (Wildman–Crippen LogP) is 8.28. The Labute approximate surface area is 212 Å².